The minimum atomic E-state index is -0.361. The number of carbonyl (C=O) groups excluding carboxylic acids is 1. The molecule has 0 spiro atoms. The molecule has 0 aliphatic rings. The van der Waals surface area contributed by atoms with E-state index in [0.29, 0.717) is 6.29 Å². The normalized spacial score (nSPS) is 5.00. The van der Waals surface area contributed by atoms with E-state index in [1.807, 2.05) is 0 Å². The number of hydrogen-bond acceptors (Lipinski definition) is 2. The molecule has 5 heavy (non-hydrogen) atoms. The number of aliphatic hydroxyl groups excluding tert-OH is 1. The van der Waals surface area contributed by atoms with Crippen LogP contribution in [0.3, 0.4) is 0 Å². The summed E-state index contributed by atoms with van der Waals surface area (Å²) < 4.78 is 0. The topological polar surface area (TPSA) is 37.3 Å². The molecule has 0 saturated carbocycles. The van der Waals surface area contributed by atoms with Gasteiger partial charge in [-0.05, 0) is 0 Å². The second kappa shape index (κ2) is 8.83. The second-order valence-corrected chi connectivity index (χ2v) is 0.349. The van der Waals surface area contributed by atoms with Crippen LogP contribution in [0.15, 0.2) is 0 Å². The van der Waals surface area contributed by atoms with Gasteiger partial charge in [-0.25, -0.2) is 0 Å². The van der Waals surface area contributed by atoms with Crippen LogP contribution < -0.4 is 0 Å². The summed E-state index contributed by atoms with van der Waals surface area (Å²) >= 11 is 0. The molecule has 3 heteroatoms. The number of aldehydes is 1. The third-order valence-corrected chi connectivity index (χ3v) is 0.0745. The molecule has 0 heterocycles. The molecular formula is C2H6MgO2. The molecule has 0 aromatic carbocycles. The first kappa shape index (κ1) is 9.04. The molecule has 0 aromatic heterocycles. The van der Waals surface area contributed by atoms with Crippen molar-refractivity contribution in [1.29, 1.82) is 0 Å². The van der Waals surface area contributed by atoms with E-state index in [9.17, 15) is 0 Å². The van der Waals surface area contributed by atoms with Gasteiger partial charge >= 0.3 is 23.1 Å². The first-order valence-corrected chi connectivity index (χ1v) is 0.960. The van der Waals surface area contributed by atoms with Gasteiger partial charge in [-0.15, -0.1) is 0 Å². The zero-order chi connectivity index (χ0) is 3.41. The molecule has 1 N–H and O–H groups in total. The van der Waals surface area contributed by atoms with Crippen LogP contribution in [-0.2, 0) is 4.79 Å². The van der Waals surface area contributed by atoms with Crippen molar-refractivity contribution >= 4 is 29.3 Å². The van der Waals surface area contributed by atoms with Crippen molar-refractivity contribution < 1.29 is 12.8 Å². The van der Waals surface area contributed by atoms with Crippen molar-refractivity contribution in [3.63, 3.8) is 0 Å². The number of hydrogen-bond donors (Lipinski definition) is 1. The Labute approximate surface area is 49.3 Å². The molecule has 2 nitrogen and oxygen atoms in total. The predicted molar refractivity (Wildman–Crippen MR) is 21.1 cm³/mol. The Hall–Kier alpha value is 0.396. The molecule has 0 saturated heterocycles. The Morgan fingerprint density at radius 3 is 2.20 bits per heavy atom. The van der Waals surface area contributed by atoms with Crippen LogP contribution in [0.25, 0.3) is 0 Å². The van der Waals surface area contributed by atoms with Crippen LogP contribution >= 0.6 is 0 Å². The van der Waals surface area contributed by atoms with E-state index in [2.05, 4.69) is 0 Å². The van der Waals surface area contributed by atoms with Crippen molar-refractivity contribution in [2.24, 2.45) is 0 Å². The van der Waals surface area contributed by atoms with Crippen LogP contribution in [0, 0.1) is 0 Å². The Balaban J connectivity index is -0.0000000150. The molecule has 0 atom stereocenters. The minimum absolute atomic E-state index is 0. The van der Waals surface area contributed by atoms with Gasteiger partial charge in [0.1, 0.15) is 6.29 Å². The predicted octanol–water partition coefficient (Wildman–Crippen LogP) is -0.978. The summed E-state index contributed by atoms with van der Waals surface area (Å²) in [6.07, 6.45) is 0.431. The summed E-state index contributed by atoms with van der Waals surface area (Å²) in [5, 5.41) is 7.51. The van der Waals surface area contributed by atoms with Crippen molar-refractivity contribution in [1.82, 2.24) is 0 Å². The molecule has 0 radical (unpaired) electrons. The zero-order valence-corrected chi connectivity index (χ0v) is 4.26. The quantitative estimate of drug-likeness (QED) is 0.329. The van der Waals surface area contributed by atoms with E-state index in [0.717, 1.165) is 0 Å². The Morgan fingerprint density at radius 1 is 2.00 bits per heavy atom. The van der Waals surface area contributed by atoms with Crippen LogP contribution in [0.1, 0.15) is 2.85 Å². The van der Waals surface area contributed by atoms with E-state index in [-0.39, 0.29) is 32.5 Å². The maximum absolute atomic E-state index is 8.92. The van der Waals surface area contributed by atoms with Gasteiger partial charge in [0, 0.05) is 0 Å². The number of rotatable bonds is 1. The molecule has 0 aliphatic carbocycles. The molecule has 0 aromatic rings. The average Bonchev–Trinajstić information content (AvgIpc) is 1.37. The first-order chi connectivity index (χ1) is 1.91. The van der Waals surface area contributed by atoms with E-state index in [1.165, 1.54) is 0 Å². The molecule has 0 fully saturated rings. The third-order valence-electron chi connectivity index (χ3n) is 0.0745. The summed E-state index contributed by atoms with van der Waals surface area (Å²) in [5.74, 6) is 0. The van der Waals surface area contributed by atoms with Crippen molar-refractivity contribution in [3.05, 3.63) is 0 Å². The van der Waals surface area contributed by atoms with Crippen LogP contribution in [0.2, 0.25) is 0 Å². The van der Waals surface area contributed by atoms with Crippen LogP contribution in [0.4, 0.5) is 0 Å². The molecule has 0 bridgehead atoms. The fourth-order valence-electron chi connectivity index (χ4n) is 0. The Kier molecular flexibility index (Phi) is 16.0. The van der Waals surface area contributed by atoms with Crippen molar-refractivity contribution in [3.8, 4) is 0 Å². The SMILES string of the molecule is O=CCO.[H-].[H-].[Mg+2]. The first-order valence-electron chi connectivity index (χ1n) is 0.960. The number of aliphatic hydroxyl groups is 1. The van der Waals surface area contributed by atoms with Crippen molar-refractivity contribution in [2.75, 3.05) is 6.61 Å². The van der Waals surface area contributed by atoms with Gasteiger partial charge in [0.05, 0.1) is 6.61 Å². The maximum atomic E-state index is 8.92. The van der Waals surface area contributed by atoms with Crippen LogP contribution in [-0.4, -0.2) is 41.1 Å². The van der Waals surface area contributed by atoms with Crippen molar-refractivity contribution in [2.45, 2.75) is 0 Å². The minimum Gasteiger partial charge on any atom is -1.00 e. The summed E-state index contributed by atoms with van der Waals surface area (Å²) in [4.78, 5) is 8.92. The standard InChI is InChI=1S/C2H4O2.Mg.2H/c3-1-2-4;;;/h1,4H,2H2;;;/q;+2;2*-1. The van der Waals surface area contributed by atoms with Gasteiger partial charge in [0.25, 0.3) is 0 Å². The summed E-state index contributed by atoms with van der Waals surface area (Å²) in [7, 11) is 0. The third kappa shape index (κ3) is 12.9. The molecule has 0 unspecified atom stereocenters. The van der Waals surface area contributed by atoms with Gasteiger partial charge in [-0.1, -0.05) is 0 Å². The van der Waals surface area contributed by atoms with Crippen LogP contribution in [0.5, 0.6) is 0 Å². The van der Waals surface area contributed by atoms with Gasteiger partial charge in [-0.3, -0.25) is 0 Å². The van der Waals surface area contributed by atoms with Gasteiger partial charge in [-0.2, -0.15) is 0 Å². The van der Waals surface area contributed by atoms with E-state index in [4.69, 9.17) is 9.90 Å². The summed E-state index contributed by atoms with van der Waals surface area (Å²) in [5.41, 5.74) is 0. The van der Waals surface area contributed by atoms with Gasteiger partial charge in [0.2, 0.25) is 0 Å². The monoisotopic (exact) mass is 86.0 g/mol. The molecule has 0 rings (SSSR count). The molecule has 0 amide bonds. The smallest absolute Gasteiger partial charge is 1.00 e. The Bertz CT molecular complexity index is 27.7. The molecular weight excluding hydrogens is 80.3 g/mol. The number of carbonyl (C=O) groups is 1. The largest absolute Gasteiger partial charge is 2.00 e. The van der Waals surface area contributed by atoms with Gasteiger partial charge < -0.3 is 12.8 Å². The van der Waals surface area contributed by atoms with E-state index >= 15 is 0 Å². The Morgan fingerprint density at radius 2 is 2.20 bits per heavy atom. The van der Waals surface area contributed by atoms with E-state index in [1.54, 1.807) is 0 Å². The van der Waals surface area contributed by atoms with Gasteiger partial charge in [0.15, 0.2) is 0 Å². The zero-order valence-electron chi connectivity index (χ0n) is 4.85. The summed E-state index contributed by atoms with van der Waals surface area (Å²) in [6.45, 7) is -0.361. The fraction of sp³-hybridized carbons (Fsp3) is 0.500. The fourth-order valence-corrected chi connectivity index (χ4v) is 0. The second-order valence-electron chi connectivity index (χ2n) is 0.349. The molecule has 0 aliphatic heterocycles. The molecule has 28 valence electrons. The maximum Gasteiger partial charge on any atom is 2.00 e. The average molecular weight is 86.4 g/mol. The summed E-state index contributed by atoms with van der Waals surface area (Å²) in [6, 6.07) is 0. The van der Waals surface area contributed by atoms with E-state index < -0.39 is 0 Å².